The van der Waals surface area contributed by atoms with Crippen molar-refractivity contribution in [3.05, 3.63) is 39.4 Å². The van der Waals surface area contributed by atoms with E-state index in [1.807, 2.05) is 0 Å². The lowest BCUT2D eigenvalue weighted by Crippen LogP contribution is -2.09. The fraction of sp³-hybridized carbons (Fsp3) is 0.273. The van der Waals surface area contributed by atoms with E-state index in [1.165, 1.54) is 0 Å². The first kappa shape index (κ1) is 17.6. The van der Waals surface area contributed by atoms with Crippen LogP contribution in [0.5, 0.6) is 0 Å². The van der Waals surface area contributed by atoms with Gasteiger partial charge in [0.1, 0.15) is 12.3 Å². The molecule has 11 heteroatoms. The fourth-order valence-electron chi connectivity index (χ4n) is 1.67. The van der Waals surface area contributed by atoms with Crippen molar-refractivity contribution in [1.29, 1.82) is 0 Å². The van der Waals surface area contributed by atoms with Gasteiger partial charge in [-0.1, -0.05) is 46.4 Å². The zero-order valence-electron chi connectivity index (χ0n) is 10.4. The van der Waals surface area contributed by atoms with Crippen LogP contribution in [-0.4, -0.2) is 19.9 Å². The van der Waals surface area contributed by atoms with Crippen LogP contribution in [-0.2, 0) is 12.8 Å². The van der Waals surface area contributed by atoms with Crippen LogP contribution < -0.4 is 0 Å². The summed E-state index contributed by atoms with van der Waals surface area (Å²) in [7, 11) is 0. The van der Waals surface area contributed by atoms with E-state index < -0.39 is 23.2 Å². The largest absolute Gasteiger partial charge is 0.416 e. The van der Waals surface area contributed by atoms with Crippen molar-refractivity contribution in [1.82, 2.24) is 14.8 Å². The van der Waals surface area contributed by atoms with Crippen molar-refractivity contribution in [2.75, 3.05) is 0 Å². The lowest BCUT2D eigenvalue weighted by atomic mass is 10.2. The van der Waals surface area contributed by atoms with E-state index >= 15 is 0 Å². The highest BCUT2D eigenvalue weighted by Gasteiger charge is 2.33. The summed E-state index contributed by atoms with van der Waals surface area (Å²) in [6.45, 7) is -0.517. The van der Waals surface area contributed by atoms with Crippen molar-refractivity contribution in [3.63, 3.8) is 0 Å². The molecule has 1 aromatic carbocycles. The number of hydrogen-bond acceptors (Lipinski definition) is 3. The summed E-state index contributed by atoms with van der Waals surface area (Å²) in [6.07, 6.45) is -4.60. The Kier molecular flexibility index (Phi) is 5.13. The monoisotopic (exact) mass is 393 g/mol. The van der Waals surface area contributed by atoms with Gasteiger partial charge >= 0.3 is 6.18 Å². The van der Waals surface area contributed by atoms with Gasteiger partial charge < -0.3 is 5.11 Å². The van der Waals surface area contributed by atoms with Gasteiger partial charge in [0.15, 0.2) is 16.5 Å². The molecule has 4 nitrogen and oxygen atoms in total. The second kappa shape index (κ2) is 6.41. The Balaban J connectivity index is 2.66. The normalized spacial score (nSPS) is 12.2. The zero-order valence-corrected chi connectivity index (χ0v) is 13.4. The molecule has 1 heterocycles. The summed E-state index contributed by atoms with van der Waals surface area (Å²) in [5.74, 6) is -0.0655. The summed E-state index contributed by atoms with van der Waals surface area (Å²) < 4.78 is 39.2. The average molecular weight is 395 g/mol. The lowest BCUT2D eigenvalue weighted by Gasteiger charge is -2.13. The summed E-state index contributed by atoms with van der Waals surface area (Å²) in [4.78, 5) is 2.71. The molecule has 2 aromatic rings. The molecule has 0 radical (unpaired) electrons. The Morgan fingerprint density at radius 3 is 2.14 bits per heavy atom. The van der Waals surface area contributed by atoms with E-state index in [9.17, 15) is 13.2 Å². The predicted molar refractivity (Wildman–Crippen MR) is 76.8 cm³/mol. The highest BCUT2D eigenvalue weighted by molar-refractivity contribution is 6.43. The third-order valence-electron chi connectivity index (χ3n) is 2.57. The zero-order chi connectivity index (χ0) is 16.7. The van der Waals surface area contributed by atoms with Gasteiger partial charge in [-0.25, -0.2) is 9.67 Å². The minimum atomic E-state index is -4.60. The molecule has 1 N–H and O–H groups in total. The minimum Gasteiger partial charge on any atom is -0.388 e. The molecule has 22 heavy (non-hydrogen) atoms. The number of nitrogens with zero attached hydrogens (tertiary/aromatic N) is 3. The molecule has 0 atom stereocenters. The number of halogens is 7. The number of aliphatic hydroxyl groups is 1. The smallest absolute Gasteiger partial charge is 0.388 e. The second-order valence-corrected chi connectivity index (χ2v) is 5.95. The van der Waals surface area contributed by atoms with Gasteiger partial charge in [-0.15, -0.1) is 5.10 Å². The van der Waals surface area contributed by atoms with Crippen LogP contribution >= 0.6 is 46.4 Å². The van der Waals surface area contributed by atoms with Crippen LogP contribution in [0, 0.1) is 0 Å². The van der Waals surface area contributed by atoms with Gasteiger partial charge in [0.25, 0.3) is 0 Å². The highest BCUT2D eigenvalue weighted by atomic mass is 35.5. The molecular weight excluding hydrogens is 389 g/mol. The molecule has 1 aromatic heterocycles. The topological polar surface area (TPSA) is 50.9 Å². The van der Waals surface area contributed by atoms with Gasteiger partial charge in [0.2, 0.25) is 0 Å². The molecule has 0 fully saturated rings. The van der Waals surface area contributed by atoms with Gasteiger partial charge in [0, 0.05) is 0 Å². The molecular formula is C11H6Cl4F3N3O. The number of alkyl halides is 5. The van der Waals surface area contributed by atoms with Crippen molar-refractivity contribution in [3.8, 4) is 5.69 Å². The van der Waals surface area contributed by atoms with Crippen LogP contribution in [0.15, 0.2) is 12.1 Å². The van der Waals surface area contributed by atoms with E-state index in [-0.39, 0.29) is 27.4 Å². The van der Waals surface area contributed by atoms with Crippen LogP contribution in [0.3, 0.4) is 0 Å². The molecule has 0 unspecified atom stereocenters. The SMILES string of the molecule is OCc1nc(C(Cl)Cl)n(-c2c(Cl)cc(C(F)(F)F)cc2Cl)n1. The maximum Gasteiger partial charge on any atom is 0.416 e. The standard InChI is InChI=1S/C11H6Cl4F3N3O/c12-5-1-4(11(16,17)18)2-6(13)8(5)21-10(9(14)15)19-7(3-22)20-21/h1-2,9,22H,3H2. The first-order valence-electron chi connectivity index (χ1n) is 5.56. The van der Waals surface area contributed by atoms with Crippen LogP contribution in [0.2, 0.25) is 10.0 Å². The van der Waals surface area contributed by atoms with E-state index in [0.717, 1.165) is 4.68 Å². The third kappa shape index (κ3) is 3.44. The van der Waals surface area contributed by atoms with Crippen LogP contribution in [0.4, 0.5) is 13.2 Å². The first-order chi connectivity index (χ1) is 10.1. The first-order valence-corrected chi connectivity index (χ1v) is 7.19. The Labute approximate surface area is 142 Å². The Morgan fingerprint density at radius 1 is 1.18 bits per heavy atom. The fourth-order valence-corrected chi connectivity index (χ4v) is 2.60. The quantitative estimate of drug-likeness (QED) is 0.776. The van der Waals surface area contributed by atoms with Gasteiger partial charge in [-0.05, 0) is 12.1 Å². The number of hydrogen-bond donors (Lipinski definition) is 1. The van der Waals surface area contributed by atoms with E-state index in [1.54, 1.807) is 0 Å². The second-order valence-electron chi connectivity index (χ2n) is 4.04. The number of aromatic nitrogens is 3. The molecule has 0 saturated carbocycles. The molecule has 0 spiro atoms. The summed E-state index contributed by atoms with van der Waals surface area (Å²) >= 11 is 23.2. The highest BCUT2D eigenvalue weighted by Crippen LogP contribution is 2.38. The number of aliphatic hydroxyl groups excluding tert-OH is 1. The Hall–Kier alpha value is -0.730. The molecule has 0 aliphatic heterocycles. The average Bonchev–Trinajstić information content (AvgIpc) is 2.81. The predicted octanol–water partition coefficient (Wildman–Crippen LogP) is 4.56. The maximum atomic E-state index is 12.7. The van der Waals surface area contributed by atoms with Crippen molar-refractivity contribution in [2.45, 2.75) is 17.6 Å². The van der Waals surface area contributed by atoms with E-state index in [4.69, 9.17) is 51.5 Å². The summed E-state index contributed by atoms with van der Waals surface area (Å²) in [5, 5.41) is 12.3. The summed E-state index contributed by atoms with van der Waals surface area (Å²) in [5.41, 5.74) is -1.08. The van der Waals surface area contributed by atoms with Gasteiger partial charge in [-0.3, -0.25) is 0 Å². The Morgan fingerprint density at radius 2 is 1.73 bits per heavy atom. The van der Waals surface area contributed by atoms with Crippen molar-refractivity contribution >= 4 is 46.4 Å². The van der Waals surface area contributed by atoms with Crippen LogP contribution in [0.1, 0.15) is 22.0 Å². The van der Waals surface area contributed by atoms with Crippen molar-refractivity contribution < 1.29 is 18.3 Å². The van der Waals surface area contributed by atoms with Gasteiger partial charge in [-0.2, -0.15) is 13.2 Å². The molecule has 0 amide bonds. The molecule has 0 aliphatic carbocycles. The molecule has 0 bridgehead atoms. The molecule has 2 rings (SSSR count). The van der Waals surface area contributed by atoms with E-state index in [2.05, 4.69) is 10.1 Å². The van der Waals surface area contributed by atoms with Crippen LogP contribution in [0.25, 0.3) is 5.69 Å². The lowest BCUT2D eigenvalue weighted by molar-refractivity contribution is -0.137. The Bertz CT molecular complexity index is 679. The summed E-state index contributed by atoms with van der Waals surface area (Å²) in [6, 6.07) is 1.40. The molecule has 0 aliphatic rings. The maximum absolute atomic E-state index is 12.7. The van der Waals surface area contributed by atoms with E-state index in [0.29, 0.717) is 12.1 Å². The minimum absolute atomic E-state index is 0.0315. The number of rotatable bonds is 3. The van der Waals surface area contributed by atoms with Crippen molar-refractivity contribution in [2.24, 2.45) is 0 Å². The molecule has 0 saturated heterocycles. The van der Waals surface area contributed by atoms with Gasteiger partial charge in [0.05, 0.1) is 15.6 Å². The number of benzene rings is 1. The third-order valence-corrected chi connectivity index (χ3v) is 3.54. The molecule has 120 valence electrons.